The number of nitriles is 1. The molecule has 0 bridgehead atoms. The topological polar surface area (TPSA) is 33.0 Å². The molecule has 2 rings (SSSR count). The van der Waals surface area contributed by atoms with Crippen LogP contribution in [0.1, 0.15) is 5.56 Å². The van der Waals surface area contributed by atoms with Crippen molar-refractivity contribution in [2.75, 3.05) is 0 Å². The van der Waals surface area contributed by atoms with Crippen LogP contribution >= 0.6 is 15.9 Å². The minimum Gasteiger partial charge on any atom is -0.456 e. The second-order valence-electron chi connectivity index (χ2n) is 3.17. The minimum absolute atomic E-state index is 0.512. The van der Waals surface area contributed by atoms with Gasteiger partial charge in [0.1, 0.15) is 17.6 Å². The number of benzene rings is 2. The van der Waals surface area contributed by atoms with Gasteiger partial charge in [-0.3, -0.25) is 0 Å². The molecule has 0 amide bonds. The highest BCUT2D eigenvalue weighted by Crippen LogP contribution is 2.27. The average molecular weight is 274 g/mol. The fourth-order valence-electron chi connectivity index (χ4n) is 1.29. The SMILES string of the molecule is N#Cc1cc(Br)ccc1Oc1ccccc1. The summed E-state index contributed by atoms with van der Waals surface area (Å²) in [6.45, 7) is 0. The van der Waals surface area contributed by atoms with Gasteiger partial charge in [-0.2, -0.15) is 5.26 Å². The zero-order chi connectivity index (χ0) is 11.4. The molecule has 0 unspecified atom stereocenters. The number of hydrogen-bond acceptors (Lipinski definition) is 2. The van der Waals surface area contributed by atoms with E-state index in [4.69, 9.17) is 10.00 Å². The highest BCUT2D eigenvalue weighted by molar-refractivity contribution is 9.10. The van der Waals surface area contributed by atoms with Crippen molar-refractivity contribution >= 4 is 15.9 Å². The Morgan fingerprint density at radius 1 is 1.06 bits per heavy atom. The molecule has 2 aromatic carbocycles. The van der Waals surface area contributed by atoms with Gasteiger partial charge in [0.25, 0.3) is 0 Å². The van der Waals surface area contributed by atoms with E-state index in [2.05, 4.69) is 22.0 Å². The second kappa shape index (κ2) is 4.82. The molecule has 0 fully saturated rings. The van der Waals surface area contributed by atoms with Gasteiger partial charge in [-0.25, -0.2) is 0 Å². The van der Waals surface area contributed by atoms with Crippen LogP contribution in [-0.2, 0) is 0 Å². The molecule has 0 N–H and O–H groups in total. The van der Waals surface area contributed by atoms with Crippen molar-refractivity contribution < 1.29 is 4.74 Å². The van der Waals surface area contributed by atoms with Crippen LogP contribution in [0.2, 0.25) is 0 Å². The maximum absolute atomic E-state index is 8.97. The molecule has 78 valence electrons. The summed E-state index contributed by atoms with van der Waals surface area (Å²) < 4.78 is 6.48. The van der Waals surface area contributed by atoms with E-state index in [1.165, 1.54) is 0 Å². The highest BCUT2D eigenvalue weighted by Gasteiger charge is 2.04. The first-order valence-corrected chi connectivity index (χ1v) is 5.51. The molecular weight excluding hydrogens is 266 g/mol. The molecule has 2 aromatic rings. The Morgan fingerprint density at radius 2 is 1.81 bits per heavy atom. The zero-order valence-electron chi connectivity index (χ0n) is 8.35. The van der Waals surface area contributed by atoms with Crippen LogP contribution in [0.4, 0.5) is 0 Å². The van der Waals surface area contributed by atoms with Crippen molar-refractivity contribution in [3.63, 3.8) is 0 Å². The van der Waals surface area contributed by atoms with Gasteiger partial charge in [0.05, 0.1) is 5.56 Å². The van der Waals surface area contributed by atoms with Gasteiger partial charge in [0.2, 0.25) is 0 Å². The molecule has 0 saturated carbocycles. The summed E-state index contributed by atoms with van der Waals surface area (Å²) in [6, 6.07) is 16.9. The highest BCUT2D eigenvalue weighted by atomic mass is 79.9. The van der Waals surface area contributed by atoms with Gasteiger partial charge in [-0.15, -0.1) is 0 Å². The molecular formula is C13H8BrNO. The summed E-state index contributed by atoms with van der Waals surface area (Å²) in [7, 11) is 0. The lowest BCUT2D eigenvalue weighted by Gasteiger charge is -2.07. The molecule has 0 heterocycles. The normalized spacial score (nSPS) is 9.50. The molecule has 0 aliphatic rings. The lowest BCUT2D eigenvalue weighted by molar-refractivity contribution is 0.481. The molecule has 0 aliphatic heterocycles. The number of halogens is 1. The number of rotatable bonds is 2. The monoisotopic (exact) mass is 273 g/mol. The van der Waals surface area contributed by atoms with Crippen molar-refractivity contribution in [2.45, 2.75) is 0 Å². The quantitative estimate of drug-likeness (QED) is 0.825. The van der Waals surface area contributed by atoms with E-state index in [0.29, 0.717) is 11.3 Å². The van der Waals surface area contributed by atoms with E-state index in [-0.39, 0.29) is 0 Å². The Morgan fingerprint density at radius 3 is 2.50 bits per heavy atom. The van der Waals surface area contributed by atoms with E-state index < -0.39 is 0 Å². The maximum Gasteiger partial charge on any atom is 0.145 e. The van der Waals surface area contributed by atoms with E-state index >= 15 is 0 Å². The van der Waals surface area contributed by atoms with Crippen LogP contribution in [0, 0.1) is 11.3 Å². The second-order valence-corrected chi connectivity index (χ2v) is 4.08. The van der Waals surface area contributed by atoms with Crippen molar-refractivity contribution in [1.29, 1.82) is 5.26 Å². The van der Waals surface area contributed by atoms with E-state index in [0.717, 1.165) is 10.2 Å². The van der Waals surface area contributed by atoms with Crippen LogP contribution in [0.15, 0.2) is 53.0 Å². The van der Waals surface area contributed by atoms with Crippen molar-refractivity contribution in [3.05, 3.63) is 58.6 Å². The third-order valence-corrected chi connectivity index (χ3v) is 2.53. The first-order valence-electron chi connectivity index (χ1n) is 4.72. The molecule has 0 spiro atoms. The van der Waals surface area contributed by atoms with Gasteiger partial charge < -0.3 is 4.74 Å². The first kappa shape index (κ1) is 10.7. The van der Waals surface area contributed by atoms with Gasteiger partial charge in [0.15, 0.2) is 0 Å². The molecule has 0 saturated heterocycles. The standard InChI is InChI=1S/C13H8BrNO/c14-11-6-7-13(10(8-11)9-15)16-12-4-2-1-3-5-12/h1-8H. The predicted molar refractivity (Wildman–Crippen MR) is 65.4 cm³/mol. The summed E-state index contributed by atoms with van der Waals surface area (Å²) in [6.07, 6.45) is 0. The summed E-state index contributed by atoms with van der Waals surface area (Å²) in [5.41, 5.74) is 0.512. The largest absolute Gasteiger partial charge is 0.456 e. The fourth-order valence-corrected chi connectivity index (χ4v) is 1.66. The Labute approximate surface area is 102 Å². The molecule has 16 heavy (non-hydrogen) atoms. The Bertz CT molecular complexity index is 531. The Balaban J connectivity index is 2.32. The number of para-hydroxylation sites is 1. The Hall–Kier alpha value is -1.79. The number of hydrogen-bond donors (Lipinski definition) is 0. The summed E-state index contributed by atoms with van der Waals surface area (Å²) in [5.74, 6) is 1.29. The van der Waals surface area contributed by atoms with Crippen molar-refractivity contribution in [1.82, 2.24) is 0 Å². The van der Waals surface area contributed by atoms with Crippen LogP contribution in [0.3, 0.4) is 0 Å². The third-order valence-electron chi connectivity index (χ3n) is 2.03. The molecule has 0 atom stereocenters. The maximum atomic E-state index is 8.97. The van der Waals surface area contributed by atoms with Gasteiger partial charge in [-0.05, 0) is 30.3 Å². The van der Waals surface area contributed by atoms with Crippen LogP contribution in [-0.4, -0.2) is 0 Å². The molecule has 0 aliphatic carbocycles. The number of nitrogens with zero attached hydrogens (tertiary/aromatic N) is 1. The molecule has 0 aromatic heterocycles. The van der Waals surface area contributed by atoms with Crippen LogP contribution in [0.25, 0.3) is 0 Å². The lowest BCUT2D eigenvalue weighted by atomic mass is 10.2. The van der Waals surface area contributed by atoms with Crippen molar-refractivity contribution in [2.24, 2.45) is 0 Å². The predicted octanol–water partition coefficient (Wildman–Crippen LogP) is 4.11. The third kappa shape index (κ3) is 2.41. The van der Waals surface area contributed by atoms with Crippen molar-refractivity contribution in [3.8, 4) is 17.6 Å². The number of ether oxygens (including phenoxy) is 1. The summed E-state index contributed by atoms with van der Waals surface area (Å²) in [4.78, 5) is 0. The van der Waals surface area contributed by atoms with E-state index in [9.17, 15) is 0 Å². The summed E-state index contributed by atoms with van der Waals surface area (Å²) >= 11 is 3.32. The first-order chi connectivity index (χ1) is 7.79. The fraction of sp³-hybridized carbons (Fsp3) is 0. The van der Waals surface area contributed by atoms with Crippen LogP contribution in [0.5, 0.6) is 11.5 Å². The molecule has 3 heteroatoms. The van der Waals surface area contributed by atoms with E-state index in [1.54, 1.807) is 12.1 Å². The van der Waals surface area contributed by atoms with Gasteiger partial charge in [-0.1, -0.05) is 34.1 Å². The zero-order valence-corrected chi connectivity index (χ0v) is 9.94. The van der Waals surface area contributed by atoms with Crippen LogP contribution < -0.4 is 4.74 Å². The average Bonchev–Trinajstić information content (AvgIpc) is 2.33. The smallest absolute Gasteiger partial charge is 0.145 e. The Kier molecular flexibility index (Phi) is 3.23. The summed E-state index contributed by atoms with van der Waals surface area (Å²) in [5, 5.41) is 8.97. The van der Waals surface area contributed by atoms with Gasteiger partial charge >= 0.3 is 0 Å². The molecule has 0 radical (unpaired) electrons. The van der Waals surface area contributed by atoms with E-state index in [1.807, 2.05) is 36.4 Å². The van der Waals surface area contributed by atoms with Gasteiger partial charge in [0, 0.05) is 4.47 Å². The molecule has 2 nitrogen and oxygen atoms in total. The lowest BCUT2D eigenvalue weighted by Crippen LogP contribution is -1.87. The minimum atomic E-state index is 0.512.